The van der Waals surface area contributed by atoms with Gasteiger partial charge in [0.1, 0.15) is 5.82 Å². The fourth-order valence-corrected chi connectivity index (χ4v) is 3.22. The highest BCUT2D eigenvalue weighted by atomic mass is 32.1. The van der Waals surface area contributed by atoms with Crippen LogP contribution in [-0.4, -0.2) is 46.6 Å². The Labute approximate surface area is 135 Å². The van der Waals surface area contributed by atoms with Crippen LogP contribution in [0.2, 0.25) is 0 Å². The second-order valence-corrected chi connectivity index (χ2v) is 6.22. The number of anilines is 1. The molecule has 1 aliphatic rings. The fraction of sp³-hybridized carbons (Fsp3) is 0.500. The molecule has 5 nitrogen and oxygen atoms in total. The number of hydrogen-bond donors (Lipinski definition) is 1. The number of benzene rings is 1. The molecule has 1 saturated heterocycles. The van der Waals surface area contributed by atoms with Gasteiger partial charge in [0.2, 0.25) is 5.13 Å². The highest BCUT2D eigenvalue weighted by Crippen LogP contribution is 2.14. The van der Waals surface area contributed by atoms with E-state index in [0.29, 0.717) is 0 Å². The van der Waals surface area contributed by atoms with Crippen molar-refractivity contribution in [1.29, 1.82) is 0 Å². The average molecular weight is 318 g/mol. The van der Waals surface area contributed by atoms with Crippen molar-refractivity contribution in [2.75, 3.05) is 31.6 Å². The summed E-state index contributed by atoms with van der Waals surface area (Å²) in [4.78, 5) is 6.87. The van der Waals surface area contributed by atoms with Gasteiger partial charge in [-0.3, -0.25) is 4.90 Å². The Morgan fingerprint density at radius 2 is 2.23 bits per heavy atom. The van der Waals surface area contributed by atoms with Gasteiger partial charge in [-0.15, -0.1) is 0 Å². The van der Waals surface area contributed by atoms with Gasteiger partial charge in [0.15, 0.2) is 0 Å². The van der Waals surface area contributed by atoms with Crippen LogP contribution in [0.5, 0.6) is 0 Å². The molecule has 1 aromatic heterocycles. The van der Waals surface area contributed by atoms with Crippen LogP contribution in [0.4, 0.5) is 5.13 Å². The maximum absolute atomic E-state index is 5.85. The van der Waals surface area contributed by atoms with Crippen molar-refractivity contribution >= 4 is 16.7 Å². The Hall–Kier alpha value is -1.50. The molecule has 1 unspecified atom stereocenters. The van der Waals surface area contributed by atoms with Crippen LogP contribution in [0.3, 0.4) is 0 Å². The molecule has 6 heteroatoms. The predicted octanol–water partition coefficient (Wildman–Crippen LogP) is 2.41. The van der Waals surface area contributed by atoms with Crippen molar-refractivity contribution in [3.8, 4) is 0 Å². The van der Waals surface area contributed by atoms with Gasteiger partial charge in [-0.25, -0.2) is 4.98 Å². The molecule has 2 aromatic rings. The molecule has 1 atom stereocenters. The summed E-state index contributed by atoms with van der Waals surface area (Å²) >= 11 is 1.42. The largest absolute Gasteiger partial charge is 0.374 e. The van der Waals surface area contributed by atoms with Gasteiger partial charge >= 0.3 is 0 Å². The lowest BCUT2D eigenvalue weighted by molar-refractivity contribution is -0.0240. The van der Waals surface area contributed by atoms with Gasteiger partial charge in [-0.1, -0.05) is 37.3 Å². The summed E-state index contributed by atoms with van der Waals surface area (Å²) in [6.45, 7) is 6.56. The van der Waals surface area contributed by atoms with Crippen LogP contribution in [0.25, 0.3) is 0 Å². The monoisotopic (exact) mass is 318 g/mol. The van der Waals surface area contributed by atoms with Crippen molar-refractivity contribution in [3.63, 3.8) is 0 Å². The van der Waals surface area contributed by atoms with E-state index in [1.165, 1.54) is 17.1 Å². The minimum Gasteiger partial charge on any atom is -0.374 e. The molecule has 118 valence electrons. The van der Waals surface area contributed by atoms with Crippen LogP contribution in [0.1, 0.15) is 18.3 Å². The topological polar surface area (TPSA) is 50.3 Å². The number of rotatable bonds is 6. The molecule has 1 N–H and O–H groups in total. The van der Waals surface area contributed by atoms with Crippen molar-refractivity contribution in [1.82, 2.24) is 14.3 Å². The van der Waals surface area contributed by atoms with E-state index in [4.69, 9.17) is 4.74 Å². The summed E-state index contributed by atoms with van der Waals surface area (Å²) in [5.41, 5.74) is 1.35. The molecule has 1 aromatic carbocycles. The van der Waals surface area contributed by atoms with Crippen LogP contribution >= 0.6 is 11.5 Å². The molecule has 0 saturated carbocycles. The number of aromatic nitrogens is 2. The molecular formula is C16H22N4OS. The van der Waals surface area contributed by atoms with E-state index >= 15 is 0 Å². The highest BCUT2D eigenvalue weighted by molar-refractivity contribution is 7.09. The van der Waals surface area contributed by atoms with Crippen molar-refractivity contribution < 1.29 is 4.74 Å². The highest BCUT2D eigenvalue weighted by Gasteiger charge is 2.20. The maximum Gasteiger partial charge on any atom is 0.202 e. The number of hydrogen-bond acceptors (Lipinski definition) is 6. The Morgan fingerprint density at radius 1 is 1.36 bits per heavy atom. The lowest BCUT2D eigenvalue weighted by Gasteiger charge is -2.33. The van der Waals surface area contributed by atoms with Crippen LogP contribution in [-0.2, 0) is 17.7 Å². The number of aryl methyl sites for hydroxylation is 1. The number of nitrogens with zero attached hydrogens (tertiary/aromatic N) is 3. The zero-order chi connectivity index (χ0) is 15.2. The first kappa shape index (κ1) is 15.4. The summed E-state index contributed by atoms with van der Waals surface area (Å²) in [5.74, 6) is 0.905. The van der Waals surface area contributed by atoms with E-state index in [1.54, 1.807) is 0 Å². The molecule has 3 rings (SSSR count). The summed E-state index contributed by atoms with van der Waals surface area (Å²) in [7, 11) is 0. The zero-order valence-corrected chi connectivity index (χ0v) is 13.7. The minimum atomic E-state index is 0.200. The molecule has 2 heterocycles. The maximum atomic E-state index is 5.85. The van der Waals surface area contributed by atoms with Crippen molar-refractivity contribution in [3.05, 3.63) is 41.7 Å². The van der Waals surface area contributed by atoms with Crippen LogP contribution in [0, 0.1) is 0 Å². The SMILES string of the molecule is CCc1nsc(NCC2CN(Cc3ccccc3)CCO2)n1. The average Bonchev–Trinajstić information content (AvgIpc) is 3.02. The fourth-order valence-electron chi connectivity index (χ4n) is 2.56. The van der Waals surface area contributed by atoms with Gasteiger partial charge < -0.3 is 10.1 Å². The van der Waals surface area contributed by atoms with E-state index in [0.717, 1.165) is 50.2 Å². The molecular weight excluding hydrogens is 296 g/mol. The van der Waals surface area contributed by atoms with Crippen LogP contribution < -0.4 is 5.32 Å². The van der Waals surface area contributed by atoms with E-state index in [2.05, 4.69) is 56.8 Å². The van der Waals surface area contributed by atoms with Crippen molar-refractivity contribution in [2.45, 2.75) is 26.0 Å². The first-order chi connectivity index (χ1) is 10.8. The van der Waals surface area contributed by atoms with Crippen LogP contribution in [0.15, 0.2) is 30.3 Å². The third-order valence-corrected chi connectivity index (χ3v) is 4.45. The van der Waals surface area contributed by atoms with Crippen molar-refractivity contribution in [2.24, 2.45) is 0 Å². The molecule has 1 fully saturated rings. The Bertz CT molecular complexity index is 575. The molecule has 0 spiro atoms. The molecule has 0 aliphatic carbocycles. The second kappa shape index (κ2) is 7.67. The normalized spacial score (nSPS) is 19.2. The van der Waals surface area contributed by atoms with Gasteiger partial charge in [-0.05, 0) is 5.56 Å². The van der Waals surface area contributed by atoms with E-state index in [1.807, 2.05) is 0 Å². The minimum absolute atomic E-state index is 0.200. The summed E-state index contributed by atoms with van der Waals surface area (Å²) < 4.78 is 10.1. The molecule has 0 bridgehead atoms. The lowest BCUT2D eigenvalue weighted by Crippen LogP contribution is -2.44. The summed E-state index contributed by atoms with van der Waals surface area (Å²) in [5, 5.41) is 4.24. The number of ether oxygens (including phenoxy) is 1. The molecule has 22 heavy (non-hydrogen) atoms. The van der Waals surface area contributed by atoms with Gasteiger partial charge in [0.25, 0.3) is 0 Å². The van der Waals surface area contributed by atoms with Gasteiger partial charge in [0, 0.05) is 44.1 Å². The van der Waals surface area contributed by atoms with E-state index in [-0.39, 0.29) is 6.10 Å². The number of nitrogens with one attached hydrogen (secondary N) is 1. The van der Waals surface area contributed by atoms with E-state index < -0.39 is 0 Å². The Morgan fingerprint density at radius 3 is 3.00 bits per heavy atom. The molecule has 0 radical (unpaired) electrons. The predicted molar refractivity (Wildman–Crippen MR) is 89.2 cm³/mol. The summed E-state index contributed by atoms with van der Waals surface area (Å²) in [6, 6.07) is 10.6. The lowest BCUT2D eigenvalue weighted by atomic mass is 10.2. The first-order valence-electron chi connectivity index (χ1n) is 7.78. The van der Waals surface area contributed by atoms with E-state index in [9.17, 15) is 0 Å². The molecule has 0 amide bonds. The second-order valence-electron chi connectivity index (χ2n) is 5.46. The Kier molecular flexibility index (Phi) is 5.37. The van der Waals surface area contributed by atoms with Gasteiger partial charge in [0.05, 0.1) is 12.7 Å². The quantitative estimate of drug-likeness (QED) is 0.886. The third kappa shape index (κ3) is 4.25. The Balaban J connectivity index is 1.48. The first-order valence-corrected chi connectivity index (χ1v) is 8.55. The zero-order valence-electron chi connectivity index (χ0n) is 12.9. The number of morpholine rings is 1. The smallest absolute Gasteiger partial charge is 0.202 e. The molecule has 1 aliphatic heterocycles. The summed E-state index contributed by atoms with van der Waals surface area (Å²) in [6.07, 6.45) is 1.08. The van der Waals surface area contributed by atoms with Gasteiger partial charge in [-0.2, -0.15) is 4.37 Å². The third-order valence-electron chi connectivity index (χ3n) is 3.74. The standard InChI is InChI=1S/C16H22N4OS/c1-2-15-18-16(22-19-15)17-10-14-12-20(8-9-21-14)11-13-6-4-3-5-7-13/h3-7,14H,2,8-12H2,1H3,(H,17,18,19).